The number of aromatic amines is 1. The van der Waals surface area contributed by atoms with Gasteiger partial charge in [-0.3, -0.25) is 10.2 Å². The van der Waals surface area contributed by atoms with E-state index < -0.39 is 0 Å². The SMILES string of the molecule is O=C1CC(c2ccc(-c3nc4nc(O[C@@H]5CO[C@@H]6CCO[C@@H]65)[nH]c4cc3Cl)cc2)NN1. The van der Waals surface area contributed by atoms with Crippen molar-refractivity contribution in [2.45, 2.75) is 37.2 Å². The second-order valence-corrected chi connectivity index (χ2v) is 8.36. The lowest BCUT2D eigenvalue weighted by atomic mass is 10.0. The number of aromatic nitrogens is 3. The molecule has 1 unspecified atom stereocenters. The number of halogens is 1. The molecule has 0 bridgehead atoms. The minimum atomic E-state index is -0.193. The fraction of sp³-hybridized carbons (Fsp3) is 0.381. The number of nitrogens with zero attached hydrogens (tertiary/aromatic N) is 2. The van der Waals surface area contributed by atoms with E-state index in [0.29, 0.717) is 47.5 Å². The smallest absolute Gasteiger partial charge is 0.296 e. The molecule has 3 fully saturated rings. The predicted molar refractivity (Wildman–Crippen MR) is 111 cm³/mol. The number of amides is 1. The van der Waals surface area contributed by atoms with Crippen molar-refractivity contribution in [1.29, 1.82) is 0 Å². The average Bonchev–Trinajstić information content (AvgIpc) is 3.53. The summed E-state index contributed by atoms with van der Waals surface area (Å²) < 4.78 is 17.5. The molecule has 6 rings (SSSR count). The maximum Gasteiger partial charge on any atom is 0.296 e. The number of hydrogen-bond donors (Lipinski definition) is 3. The maximum absolute atomic E-state index is 11.4. The van der Waals surface area contributed by atoms with E-state index in [2.05, 4.69) is 25.8 Å². The number of rotatable bonds is 4. The second kappa shape index (κ2) is 7.45. The Morgan fingerprint density at radius 2 is 2.03 bits per heavy atom. The highest BCUT2D eigenvalue weighted by Crippen LogP contribution is 2.32. The number of carbonyl (C=O) groups is 1. The van der Waals surface area contributed by atoms with Crippen LogP contribution >= 0.6 is 11.6 Å². The Hall–Kier alpha value is -2.72. The average molecular weight is 442 g/mol. The van der Waals surface area contributed by atoms with E-state index in [0.717, 1.165) is 17.5 Å². The lowest BCUT2D eigenvalue weighted by Crippen LogP contribution is -2.32. The summed E-state index contributed by atoms with van der Waals surface area (Å²) in [6.07, 6.45) is 1.16. The molecule has 0 radical (unpaired) electrons. The Kier molecular flexibility index (Phi) is 4.57. The summed E-state index contributed by atoms with van der Waals surface area (Å²) in [6, 6.07) is 9.95. The Morgan fingerprint density at radius 3 is 2.84 bits per heavy atom. The minimum absolute atomic E-state index is 0.0139. The molecule has 3 saturated heterocycles. The molecular formula is C21H20ClN5O4. The van der Waals surface area contributed by atoms with E-state index in [-0.39, 0.29) is 30.3 Å². The number of ether oxygens (including phenoxy) is 3. The molecular weight excluding hydrogens is 422 g/mol. The number of benzene rings is 1. The van der Waals surface area contributed by atoms with Gasteiger partial charge < -0.3 is 19.2 Å². The molecule has 160 valence electrons. The molecule has 3 aliphatic heterocycles. The highest BCUT2D eigenvalue weighted by atomic mass is 35.5. The third-order valence-electron chi connectivity index (χ3n) is 5.95. The third-order valence-corrected chi connectivity index (χ3v) is 6.24. The van der Waals surface area contributed by atoms with Gasteiger partial charge in [-0.2, -0.15) is 4.98 Å². The van der Waals surface area contributed by atoms with Gasteiger partial charge in [-0.25, -0.2) is 10.4 Å². The minimum Gasteiger partial charge on any atom is -0.456 e. The van der Waals surface area contributed by atoms with E-state index in [4.69, 9.17) is 25.8 Å². The number of pyridine rings is 1. The van der Waals surface area contributed by atoms with Gasteiger partial charge in [-0.05, 0) is 18.1 Å². The van der Waals surface area contributed by atoms with E-state index in [1.54, 1.807) is 6.07 Å². The first kappa shape index (κ1) is 19.0. The van der Waals surface area contributed by atoms with Crippen LogP contribution in [-0.4, -0.2) is 52.4 Å². The highest BCUT2D eigenvalue weighted by Gasteiger charge is 2.43. The molecule has 0 spiro atoms. The Morgan fingerprint density at radius 1 is 1.16 bits per heavy atom. The molecule has 4 atom stereocenters. The van der Waals surface area contributed by atoms with Crippen molar-refractivity contribution >= 4 is 28.7 Å². The summed E-state index contributed by atoms with van der Waals surface area (Å²) in [5, 5.41) is 0.509. The van der Waals surface area contributed by atoms with Crippen molar-refractivity contribution < 1.29 is 19.0 Å². The molecule has 3 N–H and O–H groups in total. The quantitative estimate of drug-likeness (QED) is 0.569. The monoisotopic (exact) mass is 441 g/mol. The van der Waals surface area contributed by atoms with Crippen LogP contribution in [0, 0.1) is 0 Å². The van der Waals surface area contributed by atoms with Gasteiger partial charge in [0.05, 0.1) is 35.0 Å². The molecule has 1 aromatic carbocycles. The first-order valence-corrected chi connectivity index (χ1v) is 10.6. The number of H-pyrrole nitrogens is 1. The van der Waals surface area contributed by atoms with Crippen LogP contribution in [0.4, 0.5) is 0 Å². The number of hydrogen-bond acceptors (Lipinski definition) is 7. The second-order valence-electron chi connectivity index (χ2n) is 7.96. The molecule has 9 nitrogen and oxygen atoms in total. The third kappa shape index (κ3) is 3.43. The Balaban J connectivity index is 1.25. The number of nitrogens with one attached hydrogen (secondary N) is 3. The van der Waals surface area contributed by atoms with Crippen LogP contribution in [0.2, 0.25) is 5.02 Å². The summed E-state index contributed by atoms with van der Waals surface area (Å²) >= 11 is 6.52. The fourth-order valence-electron chi connectivity index (χ4n) is 4.36. The van der Waals surface area contributed by atoms with Gasteiger partial charge in [0.2, 0.25) is 5.91 Å². The zero-order valence-corrected chi connectivity index (χ0v) is 17.2. The molecule has 31 heavy (non-hydrogen) atoms. The summed E-state index contributed by atoms with van der Waals surface area (Å²) in [4.78, 5) is 23.7. The van der Waals surface area contributed by atoms with Crippen LogP contribution in [0.5, 0.6) is 6.01 Å². The zero-order chi connectivity index (χ0) is 20.9. The van der Waals surface area contributed by atoms with Gasteiger partial charge in [0, 0.05) is 18.6 Å². The molecule has 3 aromatic rings. The van der Waals surface area contributed by atoms with E-state index in [1.807, 2.05) is 24.3 Å². The van der Waals surface area contributed by atoms with E-state index >= 15 is 0 Å². The lowest BCUT2D eigenvalue weighted by molar-refractivity contribution is -0.119. The molecule has 2 aromatic heterocycles. The highest BCUT2D eigenvalue weighted by molar-refractivity contribution is 6.33. The largest absolute Gasteiger partial charge is 0.456 e. The first-order chi connectivity index (χ1) is 15.1. The van der Waals surface area contributed by atoms with Gasteiger partial charge in [-0.1, -0.05) is 35.9 Å². The molecule has 0 saturated carbocycles. The maximum atomic E-state index is 11.4. The van der Waals surface area contributed by atoms with Crippen LogP contribution in [0.1, 0.15) is 24.4 Å². The van der Waals surface area contributed by atoms with E-state index in [9.17, 15) is 4.79 Å². The molecule has 10 heteroatoms. The molecule has 0 aliphatic carbocycles. The van der Waals surface area contributed by atoms with Crippen LogP contribution < -0.4 is 15.6 Å². The topological polar surface area (TPSA) is 110 Å². The van der Waals surface area contributed by atoms with Gasteiger partial charge >= 0.3 is 0 Å². The molecule has 3 aliphatic rings. The van der Waals surface area contributed by atoms with Crippen molar-refractivity contribution in [1.82, 2.24) is 25.8 Å². The van der Waals surface area contributed by atoms with Crippen LogP contribution in [0.15, 0.2) is 30.3 Å². The zero-order valence-electron chi connectivity index (χ0n) is 16.4. The predicted octanol–water partition coefficient (Wildman–Crippen LogP) is 2.28. The van der Waals surface area contributed by atoms with Gasteiger partial charge in [0.1, 0.15) is 6.10 Å². The molecule has 1 amide bonds. The number of carbonyl (C=O) groups excluding carboxylic acids is 1. The van der Waals surface area contributed by atoms with Crippen LogP contribution in [-0.2, 0) is 14.3 Å². The van der Waals surface area contributed by atoms with E-state index in [1.165, 1.54) is 0 Å². The van der Waals surface area contributed by atoms with Crippen molar-refractivity contribution in [3.8, 4) is 17.3 Å². The first-order valence-electron chi connectivity index (χ1n) is 10.2. The lowest BCUT2D eigenvalue weighted by Gasteiger charge is -2.15. The summed E-state index contributed by atoms with van der Waals surface area (Å²) in [7, 11) is 0. The van der Waals surface area contributed by atoms with Gasteiger partial charge in [0.15, 0.2) is 11.8 Å². The standard InChI is InChI=1S/C21H20ClN5O4/c22-12-7-14-20(25-21(23-14)31-16-9-30-15-5-6-29-19(15)16)24-18(12)11-3-1-10(2-4-11)13-8-17(28)27-26-13/h1-4,7,13,15-16,19,26H,5-6,8-9H2,(H,27,28)(H,23,24,25)/t13?,15-,16-,19+/m1/s1. The fourth-order valence-corrected chi connectivity index (χ4v) is 4.62. The summed E-state index contributed by atoms with van der Waals surface area (Å²) in [6.45, 7) is 1.17. The molecule has 5 heterocycles. The van der Waals surface area contributed by atoms with Crippen molar-refractivity contribution in [3.63, 3.8) is 0 Å². The van der Waals surface area contributed by atoms with Crippen molar-refractivity contribution in [2.24, 2.45) is 0 Å². The van der Waals surface area contributed by atoms with Gasteiger partial charge in [-0.15, -0.1) is 0 Å². The Bertz CT molecular complexity index is 1150. The van der Waals surface area contributed by atoms with Crippen LogP contribution in [0.25, 0.3) is 22.4 Å². The number of fused-ring (bicyclic) bond motifs is 2. The van der Waals surface area contributed by atoms with Gasteiger partial charge in [0.25, 0.3) is 6.01 Å². The normalized spacial score (nSPS) is 27.6. The van der Waals surface area contributed by atoms with Crippen LogP contribution in [0.3, 0.4) is 0 Å². The Labute approximate surface area is 182 Å². The van der Waals surface area contributed by atoms with Crippen molar-refractivity contribution in [3.05, 3.63) is 40.9 Å². The number of imidazole rings is 1. The summed E-state index contributed by atoms with van der Waals surface area (Å²) in [5.74, 6) is -0.0139. The number of hydrazine groups is 1. The van der Waals surface area contributed by atoms with Crippen molar-refractivity contribution in [2.75, 3.05) is 13.2 Å². The summed E-state index contributed by atoms with van der Waals surface area (Å²) in [5.41, 5.74) is 9.33.